The Morgan fingerprint density at radius 1 is 1.53 bits per heavy atom. The van der Waals surface area contributed by atoms with E-state index in [-0.39, 0.29) is 0 Å². The van der Waals surface area contributed by atoms with Crippen LogP contribution in [0.25, 0.3) is 0 Å². The van der Waals surface area contributed by atoms with Gasteiger partial charge in [-0.15, -0.1) is 0 Å². The molecule has 0 heterocycles. The quantitative estimate of drug-likeness (QED) is 0.583. The first-order valence-corrected chi connectivity index (χ1v) is 4.80. The van der Waals surface area contributed by atoms with Gasteiger partial charge in [-0.3, -0.25) is 0 Å². The Morgan fingerprint density at radius 2 is 2.27 bits per heavy atom. The summed E-state index contributed by atoms with van der Waals surface area (Å²) in [6, 6.07) is 7.38. The highest BCUT2D eigenvalue weighted by molar-refractivity contribution is 5.62. The van der Waals surface area contributed by atoms with Gasteiger partial charge in [-0.25, -0.2) is 0 Å². The van der Waals surface area contributed by atoms with Crippen LogP contribution in [0.4, 0.5) is 11.4 Å². The molecule has 78 valence electrons. The molecule has 1 aromatic carbocycles. The van der Waals surface area contributed by atoms with Crippen LogP contribution in [0.5, 0.6) is 0 Å². The van der Waals surface area contributed by atoms with Crippen LogP contribution >= 0.6 is 0 Å². The highest BCUT2D eigenvalue weighted by Gasteiger charge is 1.98. The molecule has 0 unspecified atom stereocenters. The minimum Gasteiger partial charge on any atom is -0.398 e. The first-order chi connectivity index (χ1) is 7.13. The van der Waals surface area contributed by atoms with Gasteiger partial charge in [0.15, 0.2) is 0 Å². The third-order valence-electron chi connectivity index (χ3n) is 1.99. The Labute approximate surface area is 90.2 Å². The number of nitrogen functional groups attached to an aromatic ring is 1. The maximum absolute atomic E-state index is 8.70. The summed E-state index contributed by atoms with van der Waals surface area (Å²) in [7, 11) is 0. The Bertz CT molecular complexity index is 409. The molecule has 0 aliphatic carbocycles. The molecule has 0 bridgehead atoms. The van der Waals surface area contributed by atoms with E-state index in [0.717, 1.165) is 12.2 Å². The summed E-state index contributed by atoms with van der Waals surface area (Å²) < 4.78 is 0. The van der Waals surface area contributed by atoms with Crippen LogP contribution in [0.1, 0.15) is 19.4 Å². The van der Waals surface area contributed by atoms with Gasteiger partial charge in [-0.1, -0.05) is 11.6 Å². The van der Waals surface area contributed by atoms with Crippen molar-refractivity contribution >= 4 is 11.4 Å². The van der Waals surface area contributed by atoms with Crippen molar-refractivity contribution < 1.29 is 0 Å². The maximum Gasteiger partial charge on any atom is 0.101 e. The average molecular weight is 201 g/mol. The molecule has 0 spiro atoms. The van der Waals surface area contributed by atoms with E-state index in [2.05, 4.69) is 25.2 Å². The van der Waals surface area contributed by atoms with Gasteiger partial charge in [0, 0.05) is 12.2 Å². The SMILES string of the molecule is CC(C)=CCNc1ccc(C#N)c(N)c1. The molecule has 3 nitrogen and oxygen atoms in total. The summed E-state index contributed by atoms with van der Waals surface area (Å²) in [5.74, 6) is 0. The number of anilines is 2. The molecule has 0 aliphatic rings. The molecule has 0 aliphatic heterocycles. The van der Waals surface area contributed by atoms with Crippen LogP contribution in [-0.2, 0) is 0 Å². The zero-order valence-electron chi connectivity index (χ0n) is 9.04. The molecule has 0 atom stereocenters. The fourth-order valence-electron chi connectivity index (χ4n) is 1.15. The normalized spacial score (nSPS) is 9.13. The second-order valence-corrected chi connectivity index (χ2v) is 3.58. The van der Waals surface area contributed by atoms with Crippen molar-refractivity contribution in [1.82, 2.24) is 0 Å². The van der Waals surface area contributed by atoms with Gasteiger partial charge in [0.25, 0.3) is 0 Å². The highest BCUT2D eigenvalue weighted by Crippen LogP contribution is 2.16. The second kappa shape index (κ2) is 5.06. The van der Waals surface area contributed by atoms with Gasteiger partial charge >= 0.3 is 0 Å². The van der Waals surface area contributed by atoms with Gasteiger partial charge < -0.3 is 11.1 Å². The molecular weight excluding hydrogens is 186 g/mol. The average Bonchev–Trinajstić information content (AvgIpc) is 2.17. The highest BCUT2D eigenvalue weighted by atomic mass is 14.9. The van der Waals surface area contributed by atoms with Gasteiger partial charge in [0.05, 0.1) is 11.3 Å². The van der Waals surface area contributed by atoms with Crippen molar-refractivity contribution in [3.8, 4) is 6.07 Å². The standard InChI is InChI=1S/C12H15N3/c1-9(2)5-6-15-11-4-3-10(8-13)12(14)7-11/h3-5,7,15H,6,14H2,1-2H3. The van der Waals surface area contributed by atoms with E-state index in [0.29, 0.717) is 11.3 Å². The van der Waals surface area contributed by atoms with Crippen LogP contribution in [-0.4, -0.2) is 6.54 Å². The van der Waals surface area contributed by atoms with Crippen LogP contribution in [0.2, 0.25) is 0 Å². The van der Waals surface area contributed by atoms with Gasteiger partial charge in [0.1, 0.15) is 6.07 Å². The lowest BCUT2D eigenvalue weighted by Gasteiger charge is -2.05. The third kappa shape index (κ3) is 3.35. The summed E-state index contributed by atoms with van der Waals surface area (Å²) in [6.45, 7) is 4.87. The number of hydrogen-bond donors (Lipinski definition) is 2. The van der Waals surface area contributed by atoms with E-state index in [1.54, 1.807) is 12.1 Å². The molecule has 0 saturated heterocycles. The molecule has 3 N–H and O–H groups in total. The third-order valence-corrected chi connectivity index (χ3v) is 1.99. The Morgan fingerprint density at radius 3 is 2.80 bits per heavy atom. The van der Waals surface area contributed by atoms with Crippen molar-refractivity contribution in [3.63, 3.8) is 0 Å². The summed E-state index contributed by atoms with van der Waals surface area (Å²) in [5.41, 5.74) is 8.92. The van der Waals surface area contributed by atoms with E-state index < -0.39 is 0 Å². The molecule has 0 radical (unpaired) electrons. The fraction of sp³-hybridized carbons (Fsp3) is 0.250. The molecule has 0 fully saturated rings. The van der Waals surface area contributed by atoms with Crippen molar-refractivity contribution in [2.45, 2.75) is 13.8 Å². The number of nitrogens with zero attached hydrogens (tertiary/aromatic N) is 1. The van der Waals surface area contributed by atoms with E-state index in [4.69, 9.17) is 11.0 Å². The van der Waals surface area contributed by atoms with Crippen LogP contribution in [0.3, 0.4) is 0 Å². The van der Waals surface area contributed by atoms with E-state index >= 15 is 0 Å². The summed E-state index contributed by atoms with van der Waals surface area (Å²) in [4.78, 5) is 0. The number of allylic oxidation sites excluding steroid dienone is 1. The lowest BCUT2D eigenvalue weighted by Crippen LogP contribution is -2.00. The number of nitrogens with one attached hydrogen (secondary N) is 1. The van der Waals surface area contributed by atoms with Crippen LogP contribution in [0, 0.1) is 11.3 Å². The van der Waals surface area contributed by atoms with Crippen molar-refractivity contribution in [2.75, 3.05) is 17.6 Å². The monoisotopic (exact) mass is 201 g/mol. The van der Waals surface area contributed by atoms with Crippen LogP contribution < -0.4 is 11.1 Å². The van der Waals surface area contributed by atoms with Crippen molar-refractivity contribution in [1.29, 1.82) is 5.26 Å². The zero-order chi connectivity index (χ0) is 11.3. The molecule has 0 aromatic heterocycles. The van der Waals surface area contributed by atoms with Gasteiger partial charge in [-0.05, 0) is 32.0 Å². The number of nitriles is 1. The molecule has 0 saturated carbocycles. The lowest BCUT2D eigenvalue weighted by molar-refractivity contribution is 1.26. The first kappa shape index (κ1) is 11.1. The molecule has 1 rings (SSSR count). The molecule has 15 heavy (non-hydrogen) atoms. The topological polar surface area (TPSA) is 61.8 Å². The number of nitrogens with two attached hydrogens (primary N) is 1. The number of benzene rings is 1. The van der Waals surface area contributed by atoms with E-state index in [1.165, 1.54) is 5.57 Å². The molecule has 1 aromatic rings. The maximum atomic E-state index is 8.70. The fourth-order valence-corrected chi connectivity index (χ4v) is 1.15. The van der Waals surface area contributed by atoms with Crippen molar-refractivity contribution in [2.24, 2.45) is 0 Å². The summed E-state index contributed by atoms with van der Waals surface area (Å²) in [5, 5.41) is 11.9. The van der Waals surface area contributed by atoms with E-state index in [9.17, 15) is 0 Å². The van der Waals surface area contributed by atoms with Gasteiger partial charge in [0.2, 0.25) is 0 Å². The summed E-state index contributed by atoms with van der Waals surface area (Å²) in [6.07, 6.45) is 2.09. The lowest BCUT2D eigenvalue weighted by atomic mass is 10.2. The molecule has 0 amide bonds. The first-order valence-electron chi connectivity index (χ1n) is 4.80. The smallest absolute Gasteiger partial charge is 0.101 e. The zero-order valence-corrected chi connectivity index (χ0v) is 9.04. The Balaban J connectivity index is 2.69. The van der Waals surface area contributed by atoms with Crippen LogP contribution in [0.15, 0.2) is 29.8 Å². The van der Waals surface area contributed by atoms with Gasteiger partial charge in [-0.2, -0.15) is 5.26 Å². The van der Waals surface area contributed by atoms with E-state index in [1.807, 2.05) is 12.1 Å². The number of rotatable bonds is 3. The Hall–Kier alpha value is -1.95. The largest absolute Gasteiger partial charge is 0.398 e. The van der Waals surface area contributed by atoms with Crippen molar-refractivity contribution in [3.05, 3.63) is 35.4 Å². The number of hydrogen-bond acceptors (Lipinski definition) is 3. The predicted octanol–water partition coefficient (Wildman–Crippen LogP) is 2.52. The predicted molar refractivity (Wildman–Crippen MR) is 63.5 cm³/mol. The Kier molecular flexibility index (Phi) is 3.75. The molecule has 3 heteroatoms. The minimum absolute atomic E-state index is 0.514. The second-order valence-electron chi connectivity index (χ2n) is 3.58. The minimum atomic E-state index is 0.514. The summed E-state index contributed by atoms with van der Waals surface area (Å²) >= 11 is 0. The molecular formula is C12H15N3.